The molecule has 9 nitrogen and oxygen atoms in total. The molecule has 3 aromatic rings. The standard InChI is InChI=1S/C31H35F3N4O5S/c1-19-15-27(28-24(33)17-22(18-25(28)34)44(41,42)38-9-7-21(32)8-10-38)35-26-16-20(5-6-23(19)26)29(39)36-11-13-37(14-12-36)30(40)43-31(2,3)4/h5-6,15-18,21H,7-14H2,1-4H3. The number of benzene rings is 2. The summed E-state index contributed by atoms with van der Waals surface area (Å²) in [6.45, 7) is 8.20. The number of alkyl halides is 1. The van der Waals surface area contributed by atoms with Gasteiger partial charge in [-0.2, -0.15) is 4.31 Å². The van der Waals surface area contributed by atoms with Crippen molar-refractivity contribution in [1.29, 1.82) is 0 Å². The molecule has 2 aliphatic rings. The Morgan fingerprint density at radius 1 is 0.909 bits per heavy atom. The third-order valence-corrected chi connectivity index (χ3v) is 9.65. The van der Waals surface area contributed by atoms with Crippen LogP contribution in [0.25, 0.3) is 22.2 Å². The van der Waals surface area contributed by atoms with E-state index in [1.54, 1.807) is 55.7 Å². The number of carbonyl (C=O) groups excluding carboxylic acids is 2. The quantitative estimate of drug-likeness (QED) is 0.387. The fourth-order valence-corrected chi connectivity index (χ4v) is 6.92. The Morgan fingerprint density at radius 2 is 1.50 bits per heavy atom. The summed E-state index contributed by atoms with van der Waals surface area (Å²) >= 11 is 0. The number of rotatable bonds is 4. The molecule has 44 heavy (non-hydrogen) atoms. The fourth-order valence-electron chi connectivity index (χ4n) is 5.42. The van der Waals surface area contributed by atoms with Gasteiger partial charge >= 0.3 is 6.09 Å². The minimum atomic E-state index is -4.22. The second kappa shape index (κ2) is 12.0. The lowest BCUT2D eigenvalue weighted by Gasteiger charge is -2.35. The first-order valence-corrected chi connectivity index (χ1v) is 15.9. The number of halogens is 3. The Bertz CT molecular complexity index is 1690. The Balaban J connectivity index is 1.38. The molecule has 0 radical (unpaired) electrons. The summed E-state index contributed by atoms with van der Waals surface area (Å²) in [5, 5.41) is 0.677. The van der Waals surface area contributed by atoms with Crippen LogP contribution in [0.15, 0.2) is 41.3 Å². The fraction of sp³-hybridized carbons (Fsp3) is 0.452. The van der Waals surface area contributed by atoms with Crippen LogP contribution >= 0.6 is 0 Å². The number of sulfonamides is 1. The maximum Gasteiger partial charge on any atom is 0.410 e. The Labute approximate surface area is 254 Å². The van der Waals surface area contributed by atoms with Crippen molar-refractivity contribution in [2.45, 2.75) is 57.2 Å². The summed E-state index contributed by atoms with van der Waals surface area (Å²) in [7, 11) is -4.22. The molecule has 0 bridgehead atoms. The number of amides is 2. The largest absolute Gasteiger partial charge is 0.444 e. The molecule has 2 saturated heterocycles. The van der Waals surface area contributed by atoms with Crippen molar-refractivity contribution in [2.24, 2.45) is 0 Å². The molecular formula is C31H35F3N4O5S. The van der Waals surface area contributed by atoms with Crippen molar-refractivity contribution in [3.63, 3.8) is 0 Å². The van der Waals surface area contributed by atoms with Gasteiger partial charge in [0.05, 0.1) is 21.7 Å². The van der Waals surface area contributed by atoms with Crippen LogP contribution in [0.4, 0.5) is 18.0 Å². The summed E-state index contributed by atoms with van der Waals surface area (Å²) in [4.78, 5) is 32.8. The average Bonchev–Trinajstić information content (AvgIpc) is 2.95. The van der Waals surface area contributed by atoms with E-state index in [0.717, 1.165) is 16.4 Å². The molecule has 13 heteroatoms. The van der Waals surface area contributed by atoms with Crippen molar-refractivity contribution in [1.82, 2.24) is 19.1 Å². The second-order valence-electron chi connectivity index (χ2n) is 12.2. The number of ether oxygens (including phenoxy) is 1. The van der Waals surface area contributed by atoms with Gasteiger partial charge in [-0.1, -0.05) is 6.07 Å². The predicted octanol–water partition coefficient (Wildman–Crippen LogP) is 5.30. The van der Waals surface area contributed by atoms with Crippen molar-refractivity contribution < 1.29 is 35.9 Å². The van der Waals surface area contributed by atoms with Crippen molar-refractivity contribution >= 4 is 32.9 Å². The molecule has 0 saturated carbocycles. The number of nitrogens with zero attached hydrogens (tertiary/aromatic N) is 4. The normalized spacial score (nSPS) is 17.2. The molecule has 0 aliphatic carbocycles. The van der Waals surface area contributed by atoms with Crippen molar-refractivity contribution in [3.8, 4) is 11.3 Å². The van der Waals surface area contributed by atoms with Gasteiger partial charge in [0.15, 0.2) is 0 Å². The molecule has 0 N–H and O–H groups in total. The van der Waals surface area contributed by atoms with E-state index < -0.39 is 50.0 Å². The lowest BCUT2D eigenvalue weighted by molar-refractivity contribution is 0.0141. The van der Waals surface area contributed by atoms with Crippen LogP contribution in [0.2, 0.25) is 0 Å². The zero-order valence-electron chi connectivity index (χ0n) is 25.1. The SMILES string of the molecule is Cc1cc(-c2c(F)cc(S(=O)(=O)N3CCC(F)CC3)cc2F)nc2cc(C(=O)N3CCN(C(=O)OC(C)(C)C)CC3)ccc12. The third kappa shape index (κ3) is 6.53. The van der Waals surface area contributed by atoms with Gasteiger partial charge in [-0.05, 0) is 76.4 Å². The van der Waals surface area contributed by atoms with Crippen molar-refractivity contribution in [2.75, 3.05) is 39.3 Å². The molecular weight excluding hydrogens is 597 g/mol. The highest BCUT2D eigenvalue weighted by molar-refractivity contribution is 7.89. The van der Waals surface area contributed by atoms with E-state index in [1.165, 1.54) is 6.07 Å². The number of piperidine rings is 1. The lowest BCUT2D eigenvalue weighted by atomic mass is 10.0. The number of hydrogen-bond acceptors (Lipinski definition) is 6. The number of carbonyl (C=O) groups is 2. The zero-order chi connectivity index (χ0) is 32.0. The highest BCUT2D eigenvalue weighted by atomic mass is 32.2. The Kier molecular flexibility index (Phi) is 8.65. The van der Waals surface area contributed by atoms with Crippen LogP contribution in [0.5, 0.6) is 0 Å². The average molecular weight is 633 g/mol. The van der Waals surface area contributed by atoms with Gasteiger partial charge in [-0.3, -0.25) is 4.79 Å². The summed E-state index contributed by atoms with van der Waals surface area (Å²) in [6.07, 6.45) is -1.50. The minimum absolute atomic E-state index is 0.0232. The summed E-state index contributed by atoms with van der Waals surface area (Å²) in [5.74, 6) is -2.49. The second-order valence-corrected chi connectivity index (χ2v) is 14.1. The van der Waals surface area contributed by atoms with Gasteiger partial charge < -0.3 is 14.5 Å². The van der Waals surface area contributed by atoms with Crippen LogP contribution in [0.1, 0.15) is 49.5 Å². The van der Waals surface area contributed by atoms with Gasteiger partial charge in [-0.15, -0.1) is 0 Å². The van der Waals surface area contributed by atoms with E-state index in [4.69, 9.17) is 4.74 Å². The summed E-state index contributed by atoms with van der Waals surface area (Å²) in [6, 6.07) is 7.94. The molecule has 236 valence electrons. The summed E-state index contributed by atoms with van der Waals surface area (Å²) < 4.78 is 76.8. The van der Waals surface area contributed by atoms with Gasteiger partial charge in [0, 0.05) is 50.2 Å². The molecule has 0 unspecified atom stereocenters. The first kappa shape index (κ1) is 31.7. The highest BCUT2D eigenvalue weighted by Crippen LogP contribution is 2.32. The van der Waals surface area contributed by atoms with Gasteiger partial charge in [0.1, 0.15) is 23.4 Å². The monoisotopic (exact) mass is 632 g/mol. The minimum Gasteiger partial charge on any atom is -0.444 e. The number of pyridine rings is 1. The van der Waals surface area contributed by atoms with Crippen LogP contribution < -0.4 is 0 Å². The smallest absolute Gasteiger partial charge is 0.410 e. The molecule has 2 aromatic carbocycles. The van der Waals surface area contributed by atoms with E-state index in [2.05, 4.69) is 4.98 Å². The Morgan fingerprint density at radius 3 is 2.09 bits per heavy atom. The third-order valence-electron chi connectivity index (χ3n) is 7.78. The van der Waals surface area contributed by atoms with E-state index in [1.807, 2.05) is 0 Å². The lowest BCUT2D eigenvalue weighted by Crippen LogP contribution is -2.51. The van der Waals surface area contributed by atoms with Crippen LogP contribution in [-0.4, -0.2) is 90.5 Å². The van der Waals surface area contributed by atoms with Crippen molar-refractivity contribution in [3.05, 3.63) is 59.2 Å². The first-order valence-electron chi connectivity index (χ1n) is 14.5. The molecule has 2 amide bonds. The zero-order valence-corrected chi connectivity index (χ0v) is 25.9. The van der Waals surface area contributed by atoms with Crippen LogP contribution in [0.3, 0.4) is 0 Å². The highest BCUT2D eigenvalue weighted by Gasteiger charge is 2.32. The number of hydrogen-bond donors (Lipinski definition) is 0. The Hall–Kier alpha value is -3.71. The molecule has 0 spiro atoms. The number of aryl methyl sites for hydroxylation is 1. The molecule has 2 aliphatic heterocycles. The number of aromatic nitrogens is 1. The van der Waals surface area contributed by atoms with Gasteiger partial charge in [0.2, 0.25) is 10.0 Å². The van der Waals surface area contributed by atoms with Gasteiger partial charge in [0.25, 0.3) is 5.91 Å². The molecule has 2 fully saturated rings. The number of fused-ring (bicyclic) bond motifs is 1. The van der Waals surface area contributed by atoms with E-state index in [0.29, 0.717) is 48.2 Å². The van der Waals surface area contributed by atoms with Gasteiger partial charge in [-0.25, -0.2) is 31.4 Å². The van der Waals surface area contributed by atoms with Crippen LogP contribution in [-0.2, 0) is 14.8 Å². The first-order chi connectivity index (χ1) is 20.6. The van der Waals surface area contributed by atoms with Crippen LogP contribution in [0, 0.1) is 18.6 Å². The molecule has 3 heterocycles. The summed E-state index contributed by atoms with van der Waals surface area (Å²) in [5.41, 5.74) is 0.141. The topological polar surface area (TPSA) is 100 Å². The molecule has 0 atom stereocenters. The molecule has 1 aromatic heterocycles. The predicted molar refractivity (Wildman–Crippen MR) is 158 cm³/mol. The van der Waals surface area contributed by atoms with E-state index >= 15 is 8.78 Å². The molecule has 5 rings (SSSR count). The van der Waals surface area contributed by atoms with E-state index in [-0.39, 0.29) is 37.5 Å². The maximum atomic E-state index is 15.4. The van der Waals surface area contributed by atoms with E-state index in [9.17, 15) is 22.4 Å². The maximum absolute atomic E-state index is 15.4. The number of piperazine rings is 1.